The van der Waals surface area contributed by atoms with Crippen LogP contribution in [0.4, 0.5) is 0 Å². The van der Waals surface area contributed by atoms with Gasteiger partial charge in [-0.3, -0.25) is 4.79 Å². The minimum atomic E-state index is -0.105. The van der Waals surface area contributed by atoms with Crippen molar-refractivity contribution in [3.63, 3.8) is 0 Å². The molecule has 0 aliphatic carbocycles. The first-order valence-corrected chi connectivity index (χ1v) is 4.43. The van der Waals surface area contributed by atoms with Crippen LogP contribution in [0.15, 0.2) is 24.3 Å². The summed E-state index contributed by atoms with van der Waals surface area (Å²) in [6.07, 6.45) is 1.81. The maximum Gasteiger partial charge on any atom is 0.237 e. The lowest BCUT2D eigenvalue weighted by Gasteiger charge is -2.08. The van der Waals surface area contributed by atoms with Gasteiger partial charge in [-0.2, -0.15) is 0 Å². The van der Waals surface area contributed by atoms with Crippen LogP contribution in [0.5, 0.6) is 5.75 Å². The Hall–Kier alpha value is -0.830. The predicted molar refractivity (Wildman–Crippen MR) is 50.3 cm³/mol. The molecule has 1 radical (unpaired) electrons. The van der Waals surface area contributed by atoms with Crippen molar-refractivity contribution in [3.8, 4) is 5.75 Å². The Labute approximate surface area is 79.7 Å². The van der Waals surface area contributed by atoms with E-state index in [1.54, 1.807) is 24.5 Å². The molecule has 1 aromatic rings. The Morgan fingerprint density at radius 1 is 1.50 bits per heavy atom. The number of alkyl halides is 1. The number of hydrogen-bond acceptors (Lipinski definition) is 2. The minimum absolute atomic E-state index is 0.105. The molecule has 1 aromatic carbocycles. The van der Waals surface area contributed by atoms with Crippen molar-refractivity contribution in [1.29, 1.82) is 0 Å². The van der Waals surface area contributed by atoms with Crippen molar-refractivity contribution in [2.24, 2.45) is 0 Å². The molecule has 1 unspecified atom stereocenters. The van der Waals surface area contributed by atoms with E-state index in [-0.39, 0.29) is 5.01 Å². The van der Waals surface area contributed by atoms with Crippen molar-refractivity contribution < 1.29 is 9.53 Å². The van der Waals surface area contributed by atoms with E-state index in [4.69, 9.17) is 4.74 Å². The maximum absolute atomic E-state index is 10.4. The topological polar surface area (TPSA) is 26.3 Å². The molecule has 12 heavy (non-hydrogen) atoms. The summed E-state index contributed by atoms with van der Waals surface area (Å²) in [5.41, 5.74) is 0.448. The third-order valence-electron chi connectivity index (χ3n) is 1.29. The molecular formula is C9H8BrO2. The second-order valence-electron chi connectivity index (χ2n) is 2.26. The van der Waals surface area contributed by atoms with Crippen molar-refractivity contribution >= 4 is 22.2 Å². The number of benzene rings is 1. The van der Waals surface area contributed by atoms with Gasteiger partial charge < -0.3 is 4.74 Å². The van der Waals surface area contributed by atoms with E-state index >= 15 is 0 Å². The van der Waals surface area contributed by atoms with E-state index in [1.807, 2.05) is 13.0 Å². The standard InChI is InChI=1S/C9H8BrO2/c1-7(10)12-9-5-3-2-4-8(9)6-11/h2-5,7H,1H3. The monoisotopic (exact) mass is 227 g/mol. The normalized spacial score (nSPS) is 12.2. The molecule has 3 heteroatoms. The molecular weight excluding hydrogens is 220 g/mol. The van der Waals surface area contributed by atoms with E-state index in [0.29, 0.717) is 11.3 Å². The Bertz CT molecular complexity index is 271. The maximum atomic E-state index is 10.4. The Morgan fingerprint density at radius 2 is 2.17 bits per heavy atom. The van der Waals surface area contributed by atoms with E-state index in [1.165, 1.54) is 0 Å². The molecule has 0 amide bonds. The van der Waals surface area contributed by atoms with Crippen molar-refractivity contribution in [2.75, 3.05) is 0 Å². The lowest BCUT2D eigenvalue weighted by molar-refractivity contribution is 0.313. The van der Waals surface area contributed by atoms with Gasteiger partial charge in [0, 0.05) is 0 Å². The first kappa shape index (κ1) is 9.26. The average molecular weight is 228 g/mol. The number of rotatable bonds is 3. The summed E-state index contributed by atoms with van der Waals surface area (Å²) in [4.78, 5) is 10.4. The van der Waals surface area contributed by atoms with Crippen LogP contribution < -0.4 is 4.74 Å². The highest BCUT2D eigenvalue weighted by Gasteiger charge is 2.03. The fraction of sp³-hybridized carbons (Fsp3) is 0.222. The Kier molecular flexibility index (Phi) is 3.29. The molecule has 63 valence electrons. The predicted octanol–water partition coefficient (Wildman–Crippen LogP) is 2.26. The summed E-state index contributed by atoms with van der Waals surface area (Å²) in [6, 6.07) is 6.98. The van der Waals surface area contributed by atoms with Crippen LogP contribution in [-0.4, -0.2) is 11.3 Å². The number of carbonyl (C=O) groups excluding carboxylic acids is 1. The van der Waals surface area contributed by atoms with Crippen molar-refractivity contribution in [3.05, 3.63) is 29.8 Å². The fourth-order valence-corrected chi connectivity index (χ4v) is 1.03. The van der Waals surface area contributed by atoms with Gasteiger partial charge in [-0.1, -0.05) is 12.1 Å². The summed E-state index contributed by atoms with van der Waals surface area (Å²) < 4.78 is 5.29. The molecule has 0 bridgehead atoms. The van der Waals surface area contributed by atoms with E-state index < -0.39 is 0 Å². The largest absolute Gasteiger partial charge is 0.479 e. The quantitative estimate of drug-likeness (QED) is 0.741. The van der Waals surface area contributed by atoms with Crippen molar-refractivity contribution in [2.45, 2.75) is 11.9 Å². The summed E-state index contributed by atoms with van der Waals surface area (Å²) in [5.74, 6) is 0.553. The van der Waals surface area contributed by atoms with Crippen LogP contribution in [0, 0.1) is 0 Å². The fourth-order valence-electron chi connectivity index (χ4n) is 0.829. The summed E-state index contributed by atoms with van der Waals surface area (Å²) in [7, 11) is 0. The van der Waals surface area contributed by atoms with Gasteiger partial charge in [0.2, 0.25) is 6.29 Å². The molecule has 0 fully saturated rings. The molecule has 1 rings (SSSR count). The van der Waals surface area contributed by atoms with Gasteiger partial charge >= 0.3 is 0 Å². The third-order valence-corrected chi connectivity index (χ3v) is 1.47. The molecule has 0 saturated carbocycles. The minimum Gasteiger partial charge on any atom is -0.479 e. The van der Waals surface area contributed by atoms with Crippen LogP contribution in [0.1, 0.15) is 12.5 Å². The highest BCUT2D eigenvalue weighted by molar-refractivity contribution is 9.09. The molecule has 2 nitrogen and oxygen atoms in total. The van der Waals surface area contributed by atoms with Crippen LogP contribution in [-0.2, 0) is 4.79 Å². The van der Waals surface area contributed by atoms with Gasteiger partial charge in [0.05, 0.1) is 5.56 Å². The Balaban J connectivity index is 2.89. The first-order chi connectivity index (χ1) is 5.74. The molecule has 1 atom stereocenters. The van der Waals surface area contributed by atoms with E-state index in [9.17, 15) is 4.79 Å². The van der Waals surface area contributed by atoms with Crippen LogP contribution >= 0.6 is 15.9 Å². The van der Waals surface area contributed by atoms with Gasteiger partial charge in [0.1, 0.15) is 5.75 Å². The van der Waals surface area contributed by atoms with E-state index in [0.717, 1.165) is 0 Å². The molecule has 0 heterocycles. The second kappa shape index (κ2) is 4.26. The number of halogens is 1. The molecule has 0 aliphatic heterocycles. The summed E-state index contributed by atoms with van der Waals surface area (Å²) in [6.45, 7) is 1.83. The zero-order valence-electron chi connectivity index (χ0n) is 6.58. The van der Waals surface area contributed by atoms with Gasteiger partial charge in [0.25, 0.3) is 0 Å². The highest BCUT2D eigenvalue weighted by Crippen LogP contribution is 2.18. The Morgan fingerprint density at radius 3 is 2.75 bits per heavy atom. The lowest BCUT2D eigenvalue weighted by Crippen LogP contribution is -2.03. The first-order valence-electron chi connectivity index (χ1n) is 3.52. The number of ether oxygens (including phenoxy) is 1. The van der Waals surface area contributed by atoms with Gasteiger partial charge in [-0.25, -0.2) is 0 Å². The van der Waals surface area contributed by atoms with Gasteiger partial charge in [0.15, 0.2) is 5.01 Å². The van der Waals surface area contributed by atoms with Gasteiger partial charge in [-0.05, 0) is 35.0 Å². The molecule has 0 spiro atoms. The second-order valence-corrected chi connectivity index (χ2v) is 3.55. The van der Waals surface area contributed by atoms with Gasteiger partial charge in [-0.15, -0.1) is 0 Å². The zero-order valence-corrected chi connectivity index (χ0v) is 8.17. The lowest BCUT2D eigenvalue weighted by atomic mass is 10.2. The summed E-state index contributed by atoms with van der Waals surface area (Å²) in [5, 5.41) is -0.105. The SMILES string of the molecule is CC(Br)Oc1ccccc1[C]=O. The molecule has 0 aromatic heterocycles. The van der Waals surface area contributed by atoms with Crippen LogP contribution in [0.2, 0.25) is 0 Å². The van der Waals surface area contributed by atoms with Crippen molar-refractivity contribution in [1.82, 2.24) is 0 Å². The number of para-hydroxylation sites is 1. The third kappa shape index (κ3) is 2.34. The number of hydrogen-bond donors (Lipinski definition) is 0. The molecule has 0 N–H and O–H groups in total. The molecule has 0 aliphatic rings. The van der Waals surface area contributed by atoms with Crippen LogP contribution in [0.3, 0.4) is 0 Å². The molecule has 0 saturated heterocycles. The average Bonchev–Trinajstić information content (AvgIpc) is 2.04. The highest BCUT2D eigenvalue weighted by atomic mass is 79.9. The van der Waals surface area contributed by atoms with E-state index in [2.05, 4.69) is 15.9 Å². The zero-order chi connectivity index (χ0) is 8.97. The smallest absolute Gasteiger partial charge is 0.237 e. The summed E-state index contributed by atoms with van der Waals surface area (Å²) >= 11 is 3.22. The van der Waals surface area contributed by atoms with Crippen LogP contribution in [0.25, 0.3) is 0 Å².